The molecule has 3 rings (SSSR count). The van der Waals surface area contributed by atoms with E-state index < -0.39 is 5.43 Å². The molecule has 0 aliphatic carbocycles. The molecule has 0 unspecified atom stereocenters. The number of phenolic OH excluding ortho intramolecular Hbond substituents is 1. The van der Waals surface area contributed by atoms with E-state index in [2.05, 4.69) is 21.1 Å². The Morgan fingerprint density at radius 3 is 2.24 bits per heavy atom. The number of para-hydroxylation sites is 2. The SMILES string of the molecule is COC(=O)Cl.COC(=O)c1c(C)oc2ccccc12.N#CCc1ccccc1O. The lowest BCUT2D eigenvalue weighted by molar-refractivity contribution is 0.0600. The zero-order chi connectivity index (χ0) is 21.8. The number of carbonyl (C=O) groups excluding carboxylic acids is 2. The van der Waals surface area contributed by atoms with Crippen molar-refractivity contribution in [3.05, 3.63) is 65.4 Å². The van der Waals surface area contributed by atoms with Crippen molar-refractivity contribution in [2.75, 3.05) is 14.2 Å². The van der Waals surface area contributed by atoms with E-state index in [1.807, 2.05) is 30.3 Å². The summed E-state index contributed by atoms with van der Waals surface area (Å²) in [5, 5.41) is 18.2. The standard InChI is InChI=1S/C11H10O3.C8H7NO.C2H3ClO2/c1-7-10(11(12)13-2)8-5-3-4-6-9(8)14-7;9-6-5-7-3-1-2-4-8(7)10;1-5-2(3)4/h3-6H,1-2H3;1-4,10H,5H2;1H3. The lowest BCUT2D eigenvalue weighted by atomic mass is 10.1. The first kappa shape index (κ1) is 23.5. The van der Waals surface area contributed by atoms with Crippen molar-refractivity contribution in [1.29, 1.82) is 5.26 Å². The number of esters is 1. The second-order valence-corrected chi connectivity index (χ2v) is 5.73. The largest absolute Gasteiger partial charge is 0.508 e. The average molecular weight is 418 g/mol. The first-order chi connectivity index (χ1) is 13.8. The summed E-state index contributed by atoms with van der Waals surface area (Å²) < 4.78 is 14.0. The second-order valence-electron chi connectivity index (χ2n) is 5.43. The number of furan rings is 1. The van der Waals surface area contributed by atoms with Crippen molar-refractivity contribution in [1.82, 2.24) is 0 Å². The van der Waals surface area contributed by atoms with Crippen molar-refractivity contribution in [2.24, 2.45) is 0 Å². The molecule has 1 N–H and O–H groups in total. The van der Waals surface area contributed by atoms with Crippen LogP contribution in [0.3, 0.4) is 0 Å². The van der Waals surface area contributed by atoms with E-state index in [1.54, 1.807) is 31.2 Å². The number of ether oxygens (including phenoxy) is 2. The zero-order valence-corrected chi connectivity index (χ0v) is 16.9. The summed E-state index contributed by atoms with van der Waals surface area (Å²) in [6.07, 6.45) is 0.271. The smallest absolute Gasteiger partial charge is 0.403 e. The van der Waals surface area contributed by atoms with E-state index in [9.17, 15) is 9.59 Å². The summed E-state index contributed by atoms with van der Waals surface area (Å²) >= 11 is 4.60. The highest BCUT2D eigenvalue weighted by molar-refractivity contribution is 6.61. The Morgan fingerprint density at radius 2 is 1.69 bits per heavy atom. The Kier molecular flexibility index (Phi) is 9.79. The number of phenols is 1. The van der Waals surface area contributed by atoms with Gasteiger partial charge in [-0.25, -0.2) is 9.59 Å². The average Bonchev–Trinajstić information content (AvgIpc) is 3.06. The number of nitriles is 1. The van der Waals surface area contributed by atoms with Crippen LogP contribution in [0.2, 0.25) is 0 Å². The third-order valence-electron chi connectivity index (χ3n) is 3.58. The van der Waals surface area contributed by atoms with Crippen LogP contribution >= 0.6 is 11.6 Å². The molecule has 3 aromatic rings. The van der Waals surface area contributed by atoms with Crippen LogP contribution in [0, 0.1) is 18.3 Å². The highest BCUT2D eigenvalue weighted by Gasteiger charge is 2.17. The lowest BCUT2D eigenvalue weighted by Gasteiger charge is -1.96. The van der Waals surface area contributed by atoms with Gasteiger partial charge < -0.3 is 19.0 Å². The molecule has 0 atom stereocenters. The van der Waals surface area contributed by atoms with Gasteiger partial charge in [0.25, 0.3) is 0 Å². The summed E-state index contributed by atoms with van der Waals surface area (Å²) in [5.41, 5.74) is 1.14. The Hall–Kier alpha value is -3.50. The molecular formula is C21H20ClNO6. The molecule has 0 radical (unpaired) electrons. The lowest BCUT2D eigenvalue weighted by Crippen LogP contribution is -2.01. The number of halogens is 1. The van der Waals surface area contributed by atoms with Gasteiger partial charge in [-0.15, -0.1) is 0 Å². The van der Waals surface area contributed by atoms with Crippen LogP contribution < -0.4 is 0 Å². The number of hydrogen-bond acceptors (Lipinski definition) is 7. The minimum atomic E-state index is -0.773. The molecule has 0 fully saturated rings. The highest BCUT2D eigenvalue weighted by Crippen LogP contribution is 2.25. The Balaban J connectivity index is 0.000000245. The predicted octanol–water partition coefficient (Wildman–Crippen LogP) is 4.98. The van der Waals surface area contributed by atoms with E-state index in [0.717, 1.165) is 5.39 Å². The predicted molar refractivity (Wildman–Crippen MR) is 108 cm³/mol. The van der Waals surface area contributed by atoms with Crippen molar-refractivity contribution in [2.45, 2.75) is 13.3 Å². The number of nitrogens with zero attached hydrogens (tertiary/aromatic N) is 1. The van der Waals surface area contributed by atoms with E-state index in [4.69, 9.17) is 14.8 Å². The number of hydrogen-bond donors (Lipinski definition) is 1. The first-order valence-electron chi connectivity index (χ1n) is 8.29. The maximum atomic E-state index is 11.4. The van der Waals surface area contributed by atoms with Gasteiger partial charge in [-0.2, -0.15) is 5.26 Å². The van der Waals surface area contributed by atoms with Gasteiger partial charge in [0.05, 0.1) is 26.7 Å². The second kappa shape index (κ2) is 12.1. The number of benzene rings is 2. The molecule has 0 spiro atoms. The molecule has 1 aromatic heterocycles. The van der Waals surface area contributed by atoms with Crippen molar-refractivity contribution < 1.29 is 28.6 Å². The number of rotatable bonds is 2. The van der Waals surface area contributed by atoms with Crippen molar-refractivity contribution in [3.63, 3.8) is 0 Å². The summed E-state index contributed by atoms with van der Waals surface area (Å²) in [4.78, 5) is 20.8. The molecular weight excluding hydrogens is 398 g/mol. The Morgan fingerprint density at radius 1 is 1.10 bits per heavy atom. The fourth-order valence-corrected chi connectivity index (χ4v) is 2.27. The summed E-state index contributed by atoms with van der Waals surface area (Å²) in [5.74, 6) is 0.439. The number of carbonyl (C=O) groups is 2. The molecule has 0 amide bonds. The molecule has 0 saturated carbocycles. The van der Waals surface area contributed by atoms with Crippen molar-refractivity contribution >= 4 is 34.0 Å². The van der Waals surface area contributed by atoms with Gasteiger partial charge in [-0.3, -0.25) is 0 Å². The topological polar surface area (TPSA) is 110 Å². The normalized spacial score (nSPS) is 9.21. The van der Waals surface area contributed by atoms with Gasteiger partial charge in [0.15, 0.2) is 0 Å². The molecule has 0 bridgehead atoms. The highest BCUT2D eigenvalue weighted by atomic mass is 35.5. The molecule has 7 nitrogen and oxygen atoms in total. The number of methoxy groups -OCH3 is 2. The molecule has 2 aromatic carbocycles. The van der Waals surface area contributed by atoms with Gasteiger partial charge in [0, 0.05) is 22.6 Å². The van der Waals surface area contributed by atoms with E-state index in [1.165, 1.54) is 14.2 Å². The fraction of sp³-hybridized carbons (Fsp3) is 0.190. The Bertz CT molecular complexity index is 1010. The summed E-state index contributed by atoms with van der Waals surface area (Å²) in [7, 11) is 2.58. The minimum Gasteiger partial charge on any atom is -0.508 e. The van der Waals surface area contributed by atoms with Gasteiger partial charge >= 0.3 is 11.4 Å². The zero-order valence-electron chi connectivity index (χ0n) is 16.1. The van der Waals surface area contributed by atoms with E-state index in [-0.39, 0.29) is 18.1 Å². The monoisotopic (exact) mass is 417 g/mol. The maximum Gasteiger partial charge on any atom is 0.403 e. The van der Waals surface area contributed by atoms with Gasteiger partial charge in [-0.05, 0) is 19.1 Å². The fourth-order valence-electron chi connectivity index (χ4n) is 2.27. The number of fused-ring (bicyclic) bond motifs is 1. The van der Waals surface area contributed by atoms with Crippen LogP contribution in [0.5, 0.6) is 5.75 Å². The maximum absolute atomic E-state index is 11.4. The van der Waals surface area contributed by atoms with Crippen LogP contribution in [-0.4, -0.2) is 30.7 Å². The molecule has 29 heavy (non-hydrogen) atoms. The molecule has 152 valence electrons. The van der Waals surface area contributed by atoms with Crippen LogP contribution in [0.25, 0.3) is 11.0 Å². The third-order valence-corrected chi connectivity index (χ3v) is 3.74. The third kappa shape index (κ3) is 7.20. The van der Waals surface area contributed by atoms with Crippen LogP contribution in [0.15, 0.2) is 52.9 Å². The summed E-state index contributed by atoms with van der Waals surface area (Å²) in [6.45, 7) is 1.76. The number of aryl methyl sites for hydroxylation is 1. The van der Waals surface area contributed by atoms with Crippen LogP contribution in [0.4, 0.5) is 4.79 Å². The van der Waals surface area contributed by atoms with Crippen LogP contribution in [0.1, 0.15) is 21.7 Å². The van der Waals surface area contributed by atoms with Gasteiger partial charge in [-0.1, -0.05) is 36.4 Å². The quantitative estimate of drug-likeness (QED) is 0.462. The van der Waals surface area contributed by atoms with Crippen molar-refractivity contribution in [3.8, 4) is 11.8 Å². The van der Waals surface area contributed by atoms with Gasteiger partial charge in [0.2, 0.25) is 0 Å². The molecule has 0 saturated heterocycles. The Labute approximate surface area is 173 Å². The first-order valence-corrected chi connectivity index (χ1v) is 8.67. The molecule has 0 aliphatic rings. The van der Waals surface area contributed by atoms with E-state index in [0.29, 0.717) is 22.5 Å². The van der Waals surface area contributed by atoms with Gasteiger partial charge in [0.1, 0.15) is 22.7 Å². The number of aromatic hydroxyl groups is 1. The minimum absolute atomic E-state index is 0.198. The van der Waals surface area contributed by atoms with E-state index >= 15 is 0 Å². The van der Waals surface area contributed by atoms with Crippen LogP contribution in [-0.2, 0) is 15.9 Å². The summed E-state index contributed by atoms with van der Waals surface area (Å²) in [6, 6.07) is 16.2. The molecule has 8 heteroatoms. The molecule has 1 heterocycles. The molecule has 0 aliphatic heterocycles.